The van der Waals surface area contributed by atoms with E-state index in [0.29, 0.717) is 18.8 Å². The lowest BCUT2D eigenvalue weighted by Gasteiger charge is -2.14. The van der Waals surface area contributed by atoms with Gasteiger partial charge in [0.15, 0.2) is 0 Å². The molecule has 1 aromatic heterocycles. The van der Waals surface area contributed by atoms with Crippen LogP contribution in [0.3, 0.4) is 0 Å². The molecule has 0 aliphatic rings. The van der Waals surface area contributed by atoms with Crippen molar-refractivity contribution in [1.82, 2.24) is 20.3 Å². The molecule has 0 radical (unpaired) electrons. The summed E-state index contributed by atoms with van der Waals surface area (Å²) in [5, 5.41) is 9.53. The molecule has 0 unspecified atom stereocenters. The van der Waals surface area contributed by atoms with E-state index in [9.17, 15) is 17.6 Å². The Bertz CT molecular complexity index is 340. The molecule has 1 aromatic rings. The van der Waals surface area contributed by atoms with Gasteiger partial charge >= 0.3 is 12.3 Å². The summed E-state index contributed by atoms with van der Waals surface area (Å²) in [7, 11) is 0. The van der Waals surface area contributed by atoms with Crippen LogP contribution in [0, 0.1) is 0 Å². The maximum Gasteiger partial charge on any atom is 0.319 e. The van der Waals surface area contributed by atoms with E-state index in [1.807, 2.05) is 0 Å². The van der Waals surface area contributed by atoms with Crippen molar-refractivity contribution in [2.45, 2.75) is 25.4 Å². The van der Waals surface area contributed by atoms with E-state index in [2.05, 4.69) is 15.6 Å². The highest BCUT2D eigenvalue weighted by Gasteiger charge is 2.39. The van der Waals surface area contributed by atoms with Crippen molar-refractivity contribution >= 4 is 0 Å². The lowest BCUT2D eigenvalue weighted by Crippen LogP contribution is -2.38. The fourth-order valence-electron chi connectivity index (χ4n) is 1.10. The standard InChI is InChI=1S/C8H13F4N5/c9-7(10)8(11,12)5-14-3-6-4-17(2-1-13)16-15-6/h4,7,14H,1-3,5,13H2. The molecule has 0 amide bonds. The predicted molar refractivity (Wildman–Crippen MR) is 51.7 cm³/mol. The zero-order valence-corrected chi connectivity index (χ0v) is 8.91. The quantitative estimate of drug-likeness (QED) is 0.684. The number of alkyl halides is 4. The van der Waals surface area contributed by atoms with Crippen molar-refractivity contribution in [3.63, 3.8) is 0 Å². The molecule has 1 heterocycles. The molecule has 5 nitrogen and oxygen atoms in total. The Kier molecular flexibility index (Phi) is 4.82. The van der Waals surface area contributed by atoms with Gasteiger partial charge in [-0.2, -0.15) is 8.78 Å². The van der Waals surface area contributed by atoms with E-state index in [4.69, 9.17) is 5.73 Å². The first-order valence-corrected chi connectivity index (χ1v) is 4.91. The van der Waals surface area contributed by atoms with Crippen LogP contribution in [0.25, 0.3) is 0 Å². The number of aromatic nitrogens is 3. The molecule has 0 bridgehead atoms. The van der Waals surface area contributed by atoms with Crippen molar-refractivity contribution in [3.05, 3.63) is 11.9 Å². The molecule has 17 heavy (non-hydrogen) atoms. The molecule has 0 aliphatic carbocycles. The van der Waals surface area contributed by atoms with Gasteiger partial charge in [0.1, 0.15) is 0 Å². The Morgan fingerprint density at radius 2 is 2.18 bits per heavy atom. The number of nitrogens with one attached hydrogen (secondary N) is 1. The fourth-order valence-corrected chi connectivity index (χ4v) is 1.10. The molecule has 0 spiro atoms. The molecule has 98 valence electrons. The number of rotatable bonds is 7. The minimum Gasteiger partial charge on any atom is -0.329 e. The van der Waals surface area contributed by atoms with Crippen LogP contribution in [-0.2, 0) is 13.1 Å². The fraction of sp³-hybridized carbons (Fsp3) is 0.750. The zero-order valence-electron chi connectivity index (χ0n) is 8.91. The summed E-state index contributed by atoms with van der Waals surface area (Å²) < 4.78 is 50.1. The van der Waals surface area contributed by atoms with E-state index in [1.54, 1.807) is 0 Å². The highest BCUT2D eigenvalue weighted by Crippen LogP contribution is 2.21. The van der Waals surface area contributed by atoms with Crippen LogP contribution in [0.1, 0.15) is 5.69 Å². The van der Waals surface area contributed by atoms with E-state index in [-0.39, 0.29) is 6.54 Å². The molecule has 0 saturated carbocycles. The van der Waals surface area contributed by atoms with Crippen LogP contribution >= 0.6 is 0 Å². The van der Waals surface area contributed by atoms with E-state index >= 15 is 0 Å². The molecule has 0 fully saturated rings. The molecule has 3 N–H and O–H groups in total. The van der Waals surface area contributed by atoms with Crippen LogP contribution in [0.15, 0.2) is 6.20 Å². The second-order valence-electron chi connectivity index (χ2n) is 3.43. The van der Waals surface area contributed by atoms with Crippen molar-refractivity contribution < 1.29 is 17.6 Å². The topological polar surface area (TPSA) is 68.8 Å². The van der Waals surface area contributed by atoms with Crippen LogP contribution in [0.5, 0.6) is 0 Å². The summed E-state index contributed by atoms with van der Waals surface area (Å²) in [6, 6.07) is 0. The Morgan fingerprint density at radius 1 is 1.47 bits per heavy atom. The second-order valence-corrected chi connectivity index (χ2v) is 3.43. The molecule has 0 aliphatic heterocycles. The van der Waals surface area contributed by atoms with Gasteiger partial charge in [0.25, 0.3) is 0 Å². The summed E-state index contributed by atoms with van der Waals surface area (Å²) in [4.78, 5) is 0. The summed E-state index contributed by atoms with van der Waals surface area (Å²) >= 11 is 0. The molecule has 0 saturated heterocycles. The molecule has 1 rings (SSSR count). The van der Waals surface area contributed by atoms with Gasteiger partial charge in [-0.25, -0.2) is 8.78 Å². The average Bonchev–Trinajstić information content (AvgIpc) is 2.66. The maximum absolute atomic E-state index is 12.5. The predicted octanol–water partition coefficient (Wildman–Crippen LogP) is 0.227. The molecular formula is C8H13F4N5. The lowest BCUT2D eigenvalue weighted by atomic mass is 10.3. The first-order chi connectivity index (χ1) is 7.95. The monoisotopic (exact) mass is 255 g/mol. The third-order valence-corrected chi connectivity index (χ3v) is 1.93. The number of hydrogen-bond acceptors (Lipinski definition) is 4. The largest absolute Gasteiger partial charge is 0.329 e. The molecule has 9 heteroatoms. The lowest BCUT2D eigenvalue weighted by molar-refractivity contribution is -0.125. The Labute approximate surface area is 95.0 Å². The summed E-state index contributed by atoms with van der Waals surface area (Å²) in [6.07, 6.45) is -2.16. The summed E-state index contributed by atoms with van der Waals surface area (Å²) in [6.45, 7) is -0.318. The van der Waals surface area contributed by atoms with Gasteiger partial charge in [-0.3, -0.25) is 4.68 Å². The number of hydrogen-bond donors (Lipinski definition) is 2. The highest BCUT2D eigenvalue weighted by atomic mass is 19.3. The van der Waals surface area contributed by atoms with Gasteiger partial charge in [-0.05, 0) is 0 Å². The SMILES string of the molecule is NCCn1cc(CNCC(F)(F)C(F)F)nn1. The van der Waals surface area contributed by atoms with Gasteiger partial charge in [0.05, 0.1) is 18.8 Å². The summed E-state index contributed by atoms with van der Waals surface area (Å²) in [5.41, 5.74) is 5.67. The molecule has 0 aromatic carbocycles. The van der Waals surface area contributed by atoms with E-state index in [1.165, 1.54) is 10.9 Å². The third kappa shape index (κ3) is 4.27. The van der Waals surface area contributed by atoms with Gasteiger partial charge < -0.3 is 11.1 Å². The van der Waals surface area contributed by atoms with Crippen LogP contribution in [-0.4, -0.2) is 40.4 Å². The third-order valence-electron chi connectivity index (χ3n) is 1.93. The van der Waals surface area contributed by atoms with Gasteiger partial charge in [-0.1, -0.05) is 5.21 Å². The van der Waals surface area contributed by atoms with Crippen LogP contribution < -0.4 is 11.1 Å². The number of halogens is 4. The van der Waals surface area contributed by atoms with E-state index < -0.39 is 18.9 Å². The minimum atomic E-state index is -4.03. The first kappa shape index (κ1) is 13.8. The number of nitrogens with zero attached hydrogens (tertiary/aromatic N) is 3. The molecular weight excluding hydrogens is 242 g/mol. The van der Waals surface area contributed by atoms with Gasteiger partial charge in [0, 0.05) is 19.3 Å². The Hall–Kier alpha value is -1.22. The average molecular weight is 255 g/mol. The Balaban J connectivity index is 2.35. The summed E-state index contributed by atoms with van der Waals surface area (Å²) in [5.74, 6) is -4.03. The molecule has 0 atom stereocenters. The zero-order chi connectivity index (χ0) is 12.9. The Morgan fingerprint density at radius 3 is 2.76 bits per heavy atom. The van der Waals surface area contributed by atoms with Gasteiger partial charge in [0.2, 0.25) is 0 Å². The van der Waals surface area contributed by atoms with Gasteiger partial charge in [-0.15, -0.1) is 5.10 Å². The first-order valence-electron chi connectivity index (χ1n) is 4.91. The number of nitrogens with two attached hydrogens (primary N) is 1. The van der Waals surface area contributed by atoms with Crippen molar-refractivity contribution in [2.75, 3.05) is 13.1 Å². The van der Waals surface area contributed by atoms with E-state index in [0.717, 1.165) is 0 Å². The minimum absolute atomic E-state index is 0.0487. The normalized spacial score (nSPS) is 12.4. The smallest absolute Gasteiger partial charge is 0.319 e. The van der Waals surface area contributed by atoms with Crippen molar-refractivity contribution in [2.24, 2.45) is 5.73 Å². The van der Waals surface area contributed by atoms with Crippen LogP contribution in [0.4, 0.5) is 17.6 Å². The second kappa shape index (κ2) is 5.92. The maximum atomic E-state index is 12.5. The van der Waals surface area contributed by atoms with Crippen molar-refractivity contribution in [3.8, 4) is 0 Å². The highest BCUT2D eigenvalue weighted by molar-refractivity contribution is 4.92. The van der Waals surface area contributed by atoms with Crippen molar-refractivity contribution in [1.29, 1.82) is 0 Å². The van der Waals surface area contributed by atoms with Crippen LogP contribution in [0.2, 0.25) is 0 Å².